The van der Waals surface area contributed by atoms with Crippen LogP contribution in [0.25, 0.3) is 6.08 Å². The largest absolute Gasteiger partial charge is 0.337 e. The number of carbonyl (C=O) groups is 1. The molecule has 0 aliphatic carbocycles. The van der Waals surface area contributed by atoms with E-state index in [4.69, 9.17) is 11.6 Å². The third-order valence-corrected chi connectivity index (χ3v) is 6.35. The molecule has 1 aliphatic rings. The summed E-state index contributed by atoms with van der Waals surface area (Å²) in [5, 5.41) is 0.610. The van der Waals surface area contributed by atoms with E-state index in [0.717, 1.165) is 5.56 Å². The van der Waals surface area contributed by atoms with Gasteiger partial charge >= 0.3 is 0 Å². The Kier molecular flexibility index (Phi) is 5.76. The second kappa shape index (κ2) is 8.03. The molecule has 2 aromatic rings. The molecule has 1 heterocycles. The summed E-state index contributed by atoms with van der Waals surface area (Å²) in [6.07, 6.45) is 3.20. The van der Waals surface area contributed by atoms with E-state index in [2.05, 4.69) is 0 Å². The number of piperazine rings is 1. The Bertz CT molecular complexity index is 905. The van der Waals surface area contributed by atoms with Crippen LogP contribution in [0.15, 0.2) is 65.6 Å². The van der Waals surface area contributed by atoms with Gasteiger partial charge in [0.2, 0.25) is 15.9 Å². The highest BCUT2D eigenvalue weighted by atomic mass is 35.5. The zero-order valence-corrected chi connectivity index (χ0v) is 15.7. The molecule has 0 N–H and O–H groups in total. The Morgan fingerprint density at radius 3 is 2.31 bits per heavy atom. The predicted octanol–water partition coefficient (Wildman–Crippen LogP) is 2.89. The first kappa shape index (κ1) is 18.6. The molecule has 0 unspecified atom stereocenters. The van der Waals surface area contributed by atoms with Gasteiger partial charge in [-0.25, -0.2) is 8.42 Å². The number of hydrogen-bond donors (Lipinski definition) is 0. The topological polar surface area (TPSA) is 57.7 Å². The molecule has 1 fully saturated rings. The fourth-order valence-corrected chi connectivity index (χ4v) is 4.42. The van der Waals surface area contributed by atoms with Gasteiger partial charge in [-0.05, 0) is 35.9 Å². The number of nitrogens with zero attached hydrogens (tertiary/aromatic N) is 2. The zero-order valence-electron chi connectivity index (χ0n) is 14.1. The molecule has 0 bridgehead atoms. The monoisotopic (exact) mass is 390 g/mol. The van der Waals surface area contributed by atoms with E-state index in [1.54, 1.807) is 53.4 Å². The van der Waals surface area contributed by atoms with Gasteiger partial charge in [-0.1, -0.05) is 41.9 Å². The van der Waals surface area contributed by atoms with E-state index in [1.807, 2.05) is 12.1 Å². The quantitative estimate of drug-likeness (QED) is 0.754. The van der Waals surface area contributed by atoms with Gasteiger partial charge in [-0.15, -0.1) is 0 Å². The Morgan fingerprint density at radius 1 is 0.962 bits per heavy atom. The van der Waals surface area contributed by atoms with Crippen LogP contribution in [0.2, 0.25) is 5.02 Å². The Morgan fingerprint density at radius 2 is 1.65 bits per heavy atom. The minimum Gasteiger partial charge on any atom is -0.337 e. The zero-order chi connectivity index (χ0) is 18.6. The minimum atomic E-state index is -3.51. The molecule has 1 amide bonds. The molecular formula is C19H19ClN2O3S. The van der Waals surface area contributed by atoms with Crippen molar-refractivity contribution >= 4 is 33.6 Å². The van der Waals surface area contributed by atoms with Crippen LogP contribution in [0.4, 0.5) is 0 Å². The molecule has 26 heavy (non-hydrogen) atoms. The van der Waals surface area contributed by atoms with Crippen LogP contribution in [0.3, 0.4) is 0 Å². The van der Waals surface area contributed by atoms with Crippen molar-refractivity contribution in [2.24, 2.45) is 0 Å². The fraction of sp³-hybridized carbons (Fsp3) is 0.211. The van der Waals surface area contributed by atoms with Crippen molar-refractivity contribution < 1.29 is 13.2 Å². The highest BCUT2D eigenvalue weighted by Gasteiger charge is 2.29. The number of carbonyl (C=O) groups excluding carboxylic acids is 1. The molecule has 2 aromatic carbocycles. The van der Waals surface area contributed by atoms with Gasteiger partial charge in [0.1, 0.15) is 0 Å². The molecule has 5 nitrogen and oxygen atoms in total. The number of hydrogen-bond acceptors (Lipinski definition) is 3. The van der Waals surface area contributed by atoms with Crippen LogP contribution in [-0.4, -0.2) is 49.7 Å². The van der Waals surface area contributed by atoms with Gasteiger partial charge in [0, 0.05) is 37.3 Å². The van der Waals surface area contributed by atoms with Crippen molar-refractivity contribution in [3.8, 4) is 0 Å². The number of sulfonamides is 1. The maximum absolute atomic E-state index is 12.6. The number of rotatable bonds is 4. The average Bonchev–Trinajstić information content (AvgIpc) is 2.67. The van der Waals surface area contributed by atoms with Gasteiger partial charge in [0.15, 0.2) is 0 Å². The van der Waals surface area contributed by atoms with E-state index in [9.17, 15) is 13.2 Å². The molecule has 3 rings (SSSR count). The number of benzene rings is 2. The van der Waals surface area contributed by atoms with Crippen molar-refractivity contribution in [3.05, 3.63) is 71.3 Å². The molecule has 1 saturated heterocycles. The molecule has 0 radical (unpaired) electrons. The Labute approximate surface area is 158 Å². The van der Waals surface area contributed by atoms with Crippen LogP contribution in [-0.2, 0) is 14.8 Å². The van der Waals surface area contributed by atoms with Crippen LogP contribution < -0.4 is 0 Å². The second-order valence-corrected chi connectivity index (χ2v) is 8.31. The van der Waals surface area contributed by atoms with Crippen molar-refractivity contribution in [1.82, 2.24) is 9.21 Å². The molecule has 0 spiro atoms. The smallest absolute Gasteiger partial charge is 0.246 e. The summed E-state index contributed by atoms with van der Waals surface area (Å²) in [5.74, 6) is -0.137. The Balaban J connectivity index is 1.60. The van der Waals surface area contributed by atoms with E-state index < -0.39 is 10.0 Å². The molecule has 136 valence electrons. The van der Waals surface area contributed by atoms with Crippen LogP contribution in [0.5, 0.6) is 0 Å². The van der Waals surface area contributed by atoms with E-state index in [-0.39, 0.29) is 23.9 Å². The maximum Gasteiger partial charge on any atom is 0.246 e. The molecule has 7 heteroatoms. The minimum absolute atomic E-state index is 0.137. The molecular weight excluding hydrogens is 372 g/mol. The van der Waals surface area contributed by atoms with E-state index in [0.29, 0.717) is 18.1 Å². The van der Waals surface area contributed by atoms with E-state index >= 15 is 0 Å². The van der Waals surface area contributed by atoms with Gasteiger partial charge < -0.3 is 4.90 Å². The summed E-state index contributed by atoms with van der Waals surface area (Å²) in [6, 6.07) is 15.6. The first-order chi connectivity index (χ1) is 12.5. The highest BCUT2D eigenvalue weighted by Crippen LogP contribution is 2.17. The third kappa shape index (κ3) is 4.33. The maximum atomic E-state index is 12.6. The van der Waals surface area contributed by atoms with Gasteiger partial charge in [-0.3, -0.25) is 4.79 Å². The molecule has 0 aromatic heterocycles. The lowest BCUT2D eigenvalue weighted by Gasteiger charge is -2.33. The molecule has 0 saturated carbocycles. The lowest BCUT2D eigenvalue weighted by Crippen LogP contribution is -2.50. The highest BCUT2D eigenvalue weighted by molar-refractivity contribution is 7.89. The number of halogens is 1. The first-order valence-corrected chi connectivity index (χ1v) is 10.1. The van der Waals surface area contributed by atoms with Gasteiger partial charge in [-0.2, -0.15) is 4.31 Å². The summed E-state index contributed by atoms with van der Waals surface area (Å²) in [4.78, 5) is 14.3. The summed E-state index contributed by atoms with van der Waals surface area (Å²) < 4.78 is 26.6. The molecule has 1 aliphatic heterocycles. The van der Waals surface area contributed by atoms with Crippen molar-refractivity contribution in [1.29, 1.82) is 0 Å². The van der Waals surface area contributed by atoms with Gasteiger partial charge in [0.05, 0.1) is 4.90 Å². The van der Waals surface area contributed by atoms with Gasteiger partial charge in [0.25, 0.3) is 0 Å². The predicted molar refractivity (Wildman–Crippen MR) is 102 cm³/mol. The second-order valence-electron chi connectivity index (χ2n) is 5.93. The van der Waals surface area contributed by atoms with Crippen molar-refractivity contribution in [2.45, 2.75) is 4.90 Å². The summed E-state index contributed by atoms with van der Waals surface area (Å²) >= 11 is 5.93. The summed E-state index contributed by atoms with van der Waals surface area (Å²) in [7, 11) is -3.51. The standard InChI is InChI=1S/C19H19ClN2O3S/c20-17-6-4-5-16(15-17)9-10-19(23)21-11-13-22(14-12-21)26(24,25)18-7-2-1-3-8-18/h1-10,15H,11-14H2. The SMILES string of the molecule is O=C(C=Cc1cccc(Cl)c1)N1CCN(S(=O)(=O)c2ccccc2)CC1. The first-order valence-electron chi connectivity index (χ1n) is 8.24. The average molecular weight is 391 g/mol. The lowest BCUT2D eigenvalue weighted by molar-refractivity contribution is -0.127. The number of amides is 1. The van der Waals surface area contributed by atoms with E-state index in [1.165, 1.54) is 10.4 Å². The van der Waals surface area contributed by atoms with Crippen molar-refractivity contribution in [2.75, 3.05) is 26.2 Å². The van der Waals surface area contributed by atoms with Crippen molar-refractivity contribution in [3.63, 3.8) is 0 Å². The summed E-state index contributed by atoms with van der Waals surface area (Å²) in [5.41, 5.74) is 0.844. The van der Waals surface area contributed by atoms with Crippen LogP contribution >= 0.6 is 11.6 Å². The normalized spacial score (nSPS) is 16.1. The van der Waals surface area contributed by atoms with Crippen LogP contribution in [0, 0.1) is 0 Å². The third-order valence-electron chi connectivity index (χ3n) is 4.20. The Hall–Kier alpha value is -2.15. The fourth-order valence-electron chi connectivity index (χ4n) is 2.77. The molecule has 0 atom stereocenters. The summed E-state index contributed by atoms with van der Waals surface area (Å²) in [6.45, 7) is 1.30. The van der Waals surface area contributed by atoms with Crippen LogP contribution in [0.1, 0.15) is 5.56 Å². The lowest BCUT2D eigenvalue weighted by atomic mass is 10.2.